The van der Waals surface area contributed by atoms with Gasteiger partial charge in [-0.2, -0.15) is 0 Å². The average Bonchev–Trinajstić information content (AvgIpc) is 2.39. The van der Waals surface area contributed by atoms with Crippen molar-refractivity contribution in [2.24, 2.45) is 0 Å². The maximum Gasteiger partial charge on any atom is 0.506 e. The first-order chi connectivity index (χ1) is 8.83. The minimum absolute atomic E-state index is 0.140. The van der Waals surface area contributed by atoms with E-state index in [0.29, 0.717) is 19.3 Å². The highest BCUT2D eigenvalue weighted by molar-refractivity contribution is 6.62. The second-order valence-electron chi connectivity index (χ2n) is 5.12. The zero-order valence-corrected chi connectivity index (χ0v) is 13.2. The summed E-state index contributed by atoms with van der Waals surface area (Å²) in [5, 5.41) is 31.3. The van der Waals surface area contributed by atoms with Crippen molar-refractivity contribution in [3.8, 4) is 0 Å². The SMILES string of the molecule is CCC(C1(O)CCCCC1(O)O)[Si](OC)(OC)OC. The van der Waals surface area contributed by atoms with Crippen molar-refractivity contribution in [3.63, 3.8) is 0 Å². The molecule has 3 N–H and O–H groups in total. The van der Waals surface area contributed by atoms with Gasteiger partial charge in [0.1, 0.15) is 5.60 Å². The third kappa shape index (κ3) is 2.73. The maximum absolute atomic E-state index is 10.9. The quantitative estimate of drug-likeness (QED) is 0.492. The van der Waals surface area contributed by atoms with E-state index >= 15 is 0 Å². The zero-order chi connectivity index (χ0) is 14.7. The molecule has 0 aromatic heterocycles. The molecule has 0 aromatic carbocycles. The summed E-state index contributed by atoms with van der Waals surface area (Å²) in [7, 11) is 1.22. The van der Waals surface area contributed by atoms with Gasteiger partial charge >= 0.3 is 8.80 Å². The van der Waals surface area contributed by atoms with Crippen LogP contribution in [0, 0.1) is 0 Å². The number of aliphatic hydroxyl groups is 3. The minimum Gasteiger partial charge on any atom is -0.384 e. The van der Waals surface area contributed by atoms with Crippen LogP contribution >= 0.6 is 0 Å². The molecule has 1 fully saturated rings. The van der Waals surface area contributed by atoms with Gasteiger partial charge in [-0.3, -0.25) is 0 Å². The van der Waals surface area contributed by atoms with E-state index in [1.54, 1.807) is 0 Å². The first-order valence-corrected chi connectivity index (χ1v) is 8.46. The lowest BCUT2D eigenvalue weighted by molar-refractivity contribution is -0.296. The maximum atomic E-state index is 10.9. The van der Waals surface area contributed by atoms with Gasteiger partial charge in [0, 0.05) is 27.8 Å². The Morgan fingerprint density at radius 1 is 1.00 bits per heavy atom. The van der Waals surface area contributed by atoms with Crippen LogP contribution in [0.15, 0.2) is 0 Å². The van der Waals surface area contributed by atoms with Crippen LogP contribution in [-0.2, 0) is 13.3 Å². The molecule has 0 saturated heterocycles. The molecular formula is C12H26O6Si. The fraction of sp³-hybridized carbons (Fsp3) is 1.00. The molecule has 0 aliphatic heterocycles. The Balaban J connectivity index is 3.19. The third-order valence-electron chi connectivity index (χ3n) is 4.29. The molecule has 19 heavy (non-hydrogen) atoms. The Labute approximate surface area is 115 Å². The van der Waals surface area contributed by atoms with Crippen LogP contribution in [0.5, 0.6) is 0 Å². The average molecular weight is 294 g/mol. The molecule has 0 spiro atoms. The van der Waals surface area contributed by atoms with Gasteiger partial charge in [0.2, 0.25) is 0 Å². The van der Waals surface area contributed by atoms with Crippen molar-refractivity contribution in [2.75, 3.05) is 21.3 Å². The summed E-state index contributed by atoms with van der Waals surface area (Å²) >= 11 is 0. The minimum atomic E-state index is -3.17. The van der Waals surface area contributed by atoms with Gasteiger partial charge in [-0.25, -0.2) is 0 Å². The van der Waals surface area contributed by atoms with Crippen molar-refractivity contribution in [1.82, 2.24) is 0 Å². The van der Waals surface area contributed by atoms with Gasteiger partial charge in [-0.05, 0) is 19.3 Å². The van der Waals surface area contributed by atoms with Crippen molar-refractivity contribution < 1.29 is 28.6 Å². The molecule has 1 aliphatic rings. The predicted molar refractivity (Wildman–Crippen MR) is 71.4 cm³/mol. The van der Waals surface area contributed by atoms with E-state index in [9.17, 15) is 15.3 Å². The Bertz CT molecular complexity index is 286. The van der Waals surface area contributed by atoms with Gasteiger partial charge in [0.05, 0.1) is 5.54 Å². The summed E-state index contributed by atoms with van der Waals surface area (Å²) in [5.74, 6) is -2.14. The third-order valence-corrected chi connectivity index (χ3v) is 7.74. The Kier molecular flexibility index (Phi) is 5.53. The van der Waals surface area contributed by atoms with E-state index in [1.165, 1.54) is 21.3 Å². The first kappa shape index (κ1) is 17.0. The number of rotatable bonds is 6. The molecule has 2 unspecified atom stereocenters. The molecule has 1 saturated carbocycles. The highest BCUT2D eigenvalue weighted by Crippen LogP contribution is 2.49. The summed E-state index contributed by atoms with van der Waals surface area (Å²) in [4.78, 5) is 0. The Morgan fingerprint density at radius 2 is 1.47 bits per heavy atom. The van der Waals surface area contributed by atoms with Crippen LogP contribution in [-0.4, -0.2) is 56.8 Å². The smallest absolute Gasteiger partial charge is 0.384 e. The van der Waals surface area contributed by atoms with E-state index < -0.39 is 25.7 Å². The van der Waals surface area contributed by atoms with E-state index in [2.05, 4.69) is 0 Å². The summed E-state index contributed by atoms with van der Waals surface area (Å²) in [5.41, 5.74) is -2.26. The lowest BCUT2D eigenvalue weighted by Crippen LogP contribution is -2.66. The largest absolute Gasteiger partial charge is 0.506 e. The van der Waals surface area contributed by atoms with Crippen LogP contribution in [0.2, 0.25) is 5.54 Å². The summed E-state index contributed by atoms with van der Waals surface area (Å²) < 4.78 is 16.2. The molecule has 1 rings (SSSR count). The second kappa shape index (κ2) is 6.17. The lowest BCUT2D eigenvalue weighted by Gasteiger charge is -2.50. The molecule has 0 bridgehead atoms. The van der Waals surface area contributed by atoms with E-state index in [0.717, 1.165) is 6.42 Å². The molecule has 0 radical (unpaired) electrons. The second-order valence-corrected chi connectivity index (χ2v) is 8.25. The summed E-state index contributed by atoms with van der Waals surface area (Å²) in [6, 6.07) is 0. The standard InChI is InChI=1S/C12H26O6Si/c1-5-10(19(16-2,17-3)18-4)11(13)8-6-7-9-12(11,14)15/h10,13-15H,5-9H2,1-4H3. The van der Waals surface area contributed by atoms with E-state index in [-0.39, 0.29) is 6.42 Å². The predicted octanol–water partition coefficient (Wildman–Crippen LogP) is 0.631. The summed E-state index contributed by atoms with van der Waals surface area (Å²) in [6.07, 6.45) is 2.32. The van der Waals surface area contributed by atoms with Crippen LogP contribution in [0.1, 0.15) is 39.0 Å². The van der Waals surface area contributed by atoms with Gasteiger partial charge in [0.15, 0.2) is 5.79 Å². The molecule has 0 heterocycles. The van der Waals surface area contributed by atoms with Crippen LogP contribution in [0.25, 0.3) is 0 Å². The van der Waals surface area contributed by atoms with E-state index in [4.69, 9.17) is 13.3 Å². The van der Waals surface area contributed by atoms with Crippen molar-refractivity contribution in [2.45, 2.75) is 56.0 Å². The van der Waals surface area contributed by atoms with Crippen molar-refractivity contribution >= 4 is 8.80 Å². The lowest BCUT2D eigenvalue weighted by atomic mass is 9.76. The van der Waals surface area contributed by atoms with Crippen molar-refractivity contribution in [3.05, 3.63) is 0 Å². The Morgan fingerprint density at radius 3 is 1.84 bits per heavy atom. The molecule has 6 nitrogen and oxygen atoms in total. The number of hydrogen-bond acceptors (Lipinski definition) is 6. The van der Waals surface area contributed by atoms with Crippen LogP contribution in [0.3, 0.4) is 0 Å². The molecule has 114 valence electrons. The van der Waals surface area contributed by atoms with Gasteiger partial charge < -0.3 is 28.6 Å². The van der Waals surface area contributed by atoms with Gasteiger partial charge in [-0.1, -0.05) is 13.3 Å². The fourth-order valence-corrected chi connectivity index (χ4v) is 6.01. The first-order valence-electron chi connectivity index (χ1n) is 6.66. The van der Waals surface area contributed by atoms with Gasteiger partial charge in [0.25, 0.3) is 0 Å². The molecule has 1 aliphatic carbocycles. The fourth-order valence-electron chi connectivity index (χ4n) is 3.19. The monoisotopic (exact) mass is 294 g/mol. The van der Waals surface area contributed by atoms with Crippen molar-refractivity contribution in [1.29, 1.82) is 0 Å². The molecule has 2 atom stereocenters. The highest BCUT2D eigenvalue weighted by Gasteiger charge is 2.64. The van der Waals surface area contributed by atoms with Gasteiger partial charge in [-0.15, -0.1) is 0 Å². The molecular weight excluding hydrogens is 268 g/mol. The Hall–Kier alpha value is -0.0231. The highest BCUT2D eigenvalue weighted by atomic mass is 28.4. The normalized spacial score (nSPS) is 29.2. The topological polar surface area (TPSA) is 88.4 Å². The molecule has 0 amide bonds. The van der Waals surface area contributed by atoms with Crippen LogP contribution in [0.4, 0.5) is 0 Å². The van der Waals surface area contributed by atoms with Crippen LogP contribution < -0.4 is 0 Å². The number of hydrogen-bond donors (Lipinski definition) is 3. The summed E-state index contributed by atoms with van der Waals surface area (Å²) in [6.45, 7) is 1.85. The van der Waals surface area contributed by atoms with E-state index in [1.807, 2.05) is 6.92 Å². The molecule has 7 heteroatoms. The molecule has 0 aromatic rings. The zero-order valence-electron chi connectivity index (χ0n) is 12.2.